The van der Waals surface area contributed by atoms with E-state index in [9.17, 15) is 9.59 Å². The maximum Gasteiger partial charge on any atom is 0.283 e. The number of nitrogens with one attached hydrogen (secondary N) is 1. The van der Waals surface area contributed by atoms with Gasteiger partial charge in [0.2, 0.25) is 0 Å². The first-order valence-corrected chi connectivity index (χ1v) is 11.1. The van der Waals surface area contributed by atoms with Crippen LogP contribution >= 0.6 is 11.8 Å². The fourth-order valence-electron chi connectivity index (χ4n) is 3.56. The molecule has 0 aliphatic carbocycles. The molecular weight excluding hydrogens is 420 g/mol. The molecule has 0 bridgehead atoms. The Morgan fingerprint density at radius 1 is 0.844 bits per heavy atom. The molecule has 32 heavy (non-hydrogen) atoms. The molecule has 2 amide bonds. The Morgan fingerprint density at radius 3 is 2.22 bits per heavy atom. The van der Waals surface area contributed by atoms with Crippen molar-refractivity contribution in [2.24, 2.45) is 0 Å². The predicted molar refractivity (Wildman–Crippen MR) is 129 cm³/mol. The Labute approximate surface area is 192 Å². The number of imide groups is 1. The number of hydrogen-bond acceptors (Lipinski definition) is 5. The number of carbonyl (C=O) groups excluding carboxylic acids is 2. The topological polar surface area (TPSA) is 58.6 Å². The summed E-state index contributed by atoms with van der Waals surface area (Å²) in [6.07, 6.45) is 0. The minimum atomic E-state index is -0.408. The molecule has 0 aromatic heterocycles. The van der Waals surface area contributed by atoms with Gasteiger partial charge in [0.05, 0.1) is 12.8 Å². The molecule has 1 heterocycles. The number of benzene rings is 3. The maximum atomic E-state index is 13.5. The smallest absolute Gasteiger partial charge is 0.283 e. The van der Waals surface area contributed by atoms with Crippen molar-refractivity contribution in [3.05, 3.63) is 94.0 Å². The van der Waals surface area contributed by atoms with Crippen LogP contribution in [-0.2, 0) is 9.59 Å². The number of ether oxygens (including phenoxy) is 1. The second kappa shape index (κ2) is 8.93. The molecule has 3 aromatic rings. The highest BCUT2D eigenvalue weighted by Crippen LogP contribution is 2.40. The van der Waals surface area contributed by atoms with Crippen molar-refractivity contribution in [1.82, 2.24) is 0 Å². The number of nitrogens with zero attached hydrogens (tertiary/aromatic N) is 1. The molecule has 6 heteroatoms. The van der Waals surface area contributed by atoms with Gasteiger partial charge in [0.1, 0.15) is 16.4 Å². The number of anilines is 2. The highest BCUT2D eigenvalue weighted by Gasteiger charge is 2.41. The van der Waals surface area contributed by atoms with Crippen molar-refractivity contribution in [1.29, 1.82) is 0 Å². The summed E-state index contributed by atoms with van der Waals surface area (Å²) < 4.78 is 5.42. The van der Waals surface area contributed by atoms with Gasteiger partial charge < -0.3 is 10.1 Å². The van der Waals surface area contributed by atoms with E-state index in [4.69, 9.17) is 4.74 Å². The molecule has 1 aliphatic heterocycles. The lowest BCUT2D eigenvalue weighted by Gasteiger charge is -2.18. The first kappa shape index (κ1) is 21.7. The molecule has 0 unspecified atom stereocenters. The number of methoxy groups -OCH3 is 1. The molecule has 4 rings (SSSR count). The standard InChI is InChI=1S/C26H24N2O3S/c1-16-9-12-19(13-10-16)32-24-23(27-20-14-11-17(2)15-18(20)3)25(29)28(26(24)30)21-7-5-6-8-22(21)31-4/h5-15,27H,1-4H3. The van der Waals surface area contributed by atoms with Gasteiger partial charge in [-0.2, -0.15) is 0 Å². The van der Waals surface area contributed by atoms with Crippen LogP contribution in [0.15, 0.2) is 82.2 Å². The number of para-hydroxylation sites is 2. The fraction of sp³-hybridized carbons (Fsp3) is 0.154. The van der Waals surface area contributed by atoms with E-state index < -0.39 is 5.91 Å². The van der Waals surface area contributed by atoms with Gasteiger partial charge in [0.15, 0.2) is 0 Å². The quantitative estimate of drug-likeness (QED) is 0.501. The van der Waals surface area contributed by atoms with Crippen LogP contribution in [0.5, 0.6) is 5.75 Å². The molecule has 5 nitrogen and oxygen atoms in total. The lowest BCUT2D eigenvalue weighted by atomic mass is 10.1. The zero-order chi connectivity index (χ0) is 22.8. The average Bonchev–Trinajstić information content (AvgIpc) is 3.00. The van der Waals surface area contributed by atoms with Gasteiger partial charge in [-0.25, -0.2) is 4.90 Å². The van der Waals surface area contributed by atoms with Gasteiger partial charge in [-0.15, -0.1) is 0 Å². The van der Waals surface area contributed by atoms with E-state index in [0.717, 1.165) is 27.3 Å². The summed E-state index contributed by atoms with van der Waals surface area (Å²) in [6, 6.07) is 20.8. The highest BCUT2D eigenvalue weighted by atomic mass is 32.2. The predicted octanol–water partition coefficient (Wildman–Crippen LogP) is 5.61. The molecule has 162 valence electrons. The molecule has 0 saturated carbocycles. The Hall–Kier alpha value is -3.51. The van der Waals surface area contributed by atoms with Gasteiger partial charge in [-0.1, -0.05) is 59.3 Å². The number of aryl methyl sites for hydroxylation is 3. The van der Waals surface area contributed by atoms with Crippen molar-refractivity contribution in [2.45, 2.75) is 25.7 Å². The molecule has 1 N–H and O–H groups in total. The third kappa shape index (κ3) is 4.14. The second-order valence-corrected chi connectivity index (χ2v) is 8.76. The Morgan fingerprint density at radius 2 is 1.53 bits per heavy atom. The second-order valence-electron chi connectivity index (χ2n) is 7.68. The molecule has 1 aliphatic rings. The summed E-state index contributed by atoms with van der Waals surface area (Å²) in [6.45, 7) is 6.00. The van der Waals surface area contributed by atoms with Gasteiger partial charge in [-0.05, 0) is 56.7 Å². The summed E-state index contributed by atoms with van der Waals surface area (Å²) >= 11 is 1.28. The van der Waals surface area contributed by atoms with E-state index in [1.54, 1.807) is 24.3 Å². The molecule has 0 radical (unpaired) electrons. The largest absolute Gasteiger partial charge is 0.495 e. The number of hydrogen-bond donors (Lipinski definition) is 1. The third-order valence-corrected chi connectivity index (χ3v) is 6.34. The maximum absolute atomic E-state index is 13.5. The Bertz CT molecular complexity index is 1230. The zero-order valence-electron chi connectivity index (χ0n) is 18.4. The van der Waals surface area contributed by atoms with Crippen molar-refractivity contribution in [3.8, 4) is 5.75 Å². The monoisotopic (exact) mass is 444 g/mol. The van der Waals surface area contributed by atoms with Crippen molar-refractivity contribution in [3.63, 3.8) is 0 Å². The minimum Gasteiger partial charge on any atom is -0.495 e. The molecule has 0 fully saturated rings. The number of carbonyl (C=O) groups is 2. The van der Waals surface area contributed by atoms with Crippen LogP contribution in [-0.4, -0.2) is 18.9 Å². The molecular formula is C26H24N2O3S. The number of amides is 2. The summed E-state index contributed by atoms with van der Waals surface area (Å²) in [7, 11) is 1.52. The average molecular weight is 445 g/mol. The fourth-order valence-corrected chi connectivity index (χ4v) is 4.49. The molecule has 3 aromatic carbocycles. The molecule has 0 saturated heterocycles. The van der Waals surface area contributed by atoms with E-state index in [2.05, 4.69) is 5.32 Å². The van der Waals surface area contributed by atoms with Crippen LogP contribution < -0.4 is 15.0 Å². The molecule has 0 spiro atoms. The highest BCUT2D eigenvalue weighted by molar-refractivity contribution is 8.04. The van der Waals surface area contributed by atoms with E-state index in [1.165, 1.54) is 23.8 Å². The van der Waals surface area contributed by atoms with E-state index in [-0.39, 0.29) is 11.6 Å². The van der Waals surface area contributed by atoms with Crippen LogP contribution in [0.25, 0.3) is 0 Å². The van der Waals surface area contributed by atoms with E-state index in [1.807, 2.05) is 63.2 Å². The van der Waals surface area contributed by atoms with Gasteiger partial charge in [-0.3, -0.25) is 9.59 Å². The summed E-state index contributed by atoms with van der Waals surface area (Å²) in [5.41, 5.74) is 4.72. The van der Waals surface area contributed by atoms with Crippen molar-refractivity contribution >= 4 is 35.0 Å². The van der Waals surface area contributed by atoms with Crippen LogP contribution in [0.1, 0.15) is 16.7 Å². The minimum absolute atomic E-state index is 0.262. The van der Waals surface area contributed by atoms with Crippen LogP contribution in [0.3, 0.4) is 0 Å². The van der Waals surface area contributed by atoms with E-state index in [0.29, 0.717) is 16.3 Å². The lowest BCUT2D eigenvalue weighted by Crippen LogP contribution is -2.32. The van der Waals surface area contributed by atoms with Gasteiger partial charge in [0.25, 0.3) is 11.8 Å². The lowest BCUT2D eigenvalue weighted by molar-refractivity contribution is -0.120. The van der Waals surface area contributed by atoms with Crippen LogP contribution in [0.4, 0.5) is 11.4 Å². The number of thioether (sulfide) groups is 1. The normalized spacial score (nSPS) is 13.7. The van der Waals surface area contributed by atoms with Gasteiger partial charge in [0, 0.05) is 10.6 Å². The summed E-state index contributed by atoms with van der Waals surface area (Å²) in [5.74, 6) is -0.326. The zero-order valence-corrected chi connectivity index (χ0v) is 19.2. The summed E-state index contributed by atoms with van der Waals surface area (Å²) in [4.78, 5) is 29.5. The SMILES string of the molecule is COc1ccccc1N1C(=O)C(Nc2ccc(C)cc2C)=C(Sc2ccc(C)cc2)C1=O. The van der Waals surface area contributed by atoms with Crippen LogP contribution in [0.2, 0.25) is 0 Å². The Balaban J connectivity index is 1.78. The van der Waals surface area contributed by atoms with Gasteiger partial charge >= 0.3 is 0 Å². The Kier molecular flexibility index (Phi) is 6.06. The summed E-state index contributed by atoms with van der Waals surface area (Å²) in [5, 5.41) is 3.24. The van der Waals surface area contributed by atoms with E-state index >= 15 is 0 Å². The first-order chi connectivity index (χ1) is 15.4. The van der Waals surface area contributed by atoms with Crippen molar-refractivity contribution < 1.29 is 14.3 Å². The third-order valence-electron chi connectivity index (χ3n) is 5.25. The number of rotatable bonds is 6. The van der Waals surface area contributed by atoms with Crippen molar-refractivity contribution in [2.75, 3.05) is 17.3 Å². The first-order valence-electron chi connectivity index (χ1n) is 10.2. The molecule has 0 atom stereocenters. The van der Waals surface area contributed by atoms with Crippen LogP contribution in [0, 0.1) is 20.8 Å².